The van der Waals surface area contributed by atoms with Crippen LogP contribution in [-0.4, -0.2) is 25.5 Å². The molecule has 0 saturated carbocycles. The van der Waals surface area contributed by atoms with Crippen molar-refractivity contribution in [1.82, 2.24) is 0 Å². The van der Waals surface area contributed by atoms with Crippen LogP contribution in [0.2, 0.25) is 5.02 Å². The number of carbonyl (C=O) groups excluding carboxylic acids is 1. The van der Waals surface area contributed by atoms with Gasteiger partial charge < -0.3 is 9.64 Å². The number of rotatable bonds is 4. The van der Waals surface area contributed by atoms with Crippen molar-refractivity contribution >= 4 is 23.1 Å². The van der Waals surface area contributed by atoms with E-state index in [9.17, 15) is 9.18 Å². The fourth-order valence-electron chi connectivity index (χ4n) is 2.08. The van der Waals surface area contributed by atoms with Crippen LogP contribution < -0.4 is 9.64 Å². The van der Waals surface area contributed by atoms with Gasteiger partial charge in [-0.2, -0.15) is 0 Å². The smallest absolute Gasteiger partial charge is 0.148 e. The van der Waals surface area contributed by atoms with Gasteiger partial charge in [0, 0.05) is 32.0 Å². The molecule has 1 aliphatic rings. The van der Waals surface area contributed by atoms with Crippen LogP contribution in [0.4, 0.5) is 10.1 Å². The van der Waals surface area contributed by atoms with Crippen LogP contribution in [0, 0.1) is 5.82 Å². The van der Waals surface area contributed by atoms with E-state index in [1.165, 1.54) is 6.07 Å². The number of hydrogen-bond acceptors (Lipinski definition) is 3. The quantitative estimate of drug-likeness (QED) is 0.849. The average Bonchev–Trinajstić information content (AvgIpc) is 2.39. The van der Waals surface area contributed by atoms with E-state index in [1.807, 2.05) is 11.8 Å². The molecular formula is C14H17ClFNO2. The number of piperidine rings is 1. The Balaban J connectivity index is 2.21. The van der Waals surface area contributed by atoms with Gasteiger partial charge in [-0.05, 0) is 12.5 Å². The van der Waals surface area contributed by atoms with E-state index in [0.717, 1.165) is 6.42 Å². The molecule has 1 aliphatic heterocycles. The van der Waals surface area contributed by atoms with Crippen molar-refractivity contribution in [3.8, 4) is 5.75 Å². The molecule has 19 heavy (non-hydrogen) atoms. The number of anilines is 1. The predicted molar refractivity (Wildman–Crippen MR) is 73.7 cm³/mol. The minimum Gasteiger partial charge on any atom is -0.492 e. The highest BCUT2D eigenvalue weighted by Gasteiger charge is 2.20. The van der Waals surface area contributed by atoms with Gasteiger partial charge in [0.2, 0.25) is 0 Å². The summed E-state index contributed by atoms with van der Waals surface area (Å²) in [5.74, 6) is 0.355. The molecule has 0 bridgehead atoms. The number of benzene rings is 1. The zero-order chi connectivity index (χ0) is 13.8. The average molecular weight is 286 g/mol. The highest BCUT2D eigenvalue weighted by atomic mass is 35.5. The highest BCUT2D eigenvalue weighted by Crippen LogP contribution is 2.33. The maximum absolute atomic E-state index is 14.0. The van der Waals surface area contributed by atoms with Crippen molar-refractivity contribution in [2.75, 3.05) is 24.6 Å². The molecule has 0 radical (unpaired) electrons. The number of nitrogens with zero attached hydrogens (tertiary/aromatic N) is 1. The summed E-state index contributed by atoms with van der Waals surface area (Å²) in [7, 11) is 0. The lowest BCUT2D eigenvalue weighted by molar-refractivity contribution is -0.119. The number of ether oxygens (including phenoxy) is 1. The van der Waals surface area contributed by atoms with Crippen LogP contribution >= 0.6 is 11.6 Å². The van der Waals surface area contributed by atoms with Gasteiger partial charge in [0.25, 0.3) is 0 Å². The number of Topliss-reactive ketones (excluding diaryl/α,β-unsaturated/α-hetero) is 1. The Morgan fingerprint density at radius 3 is 2.68 bits per heavy atom. The molecule has 2 rings (SSSR count). The molecule has 1 saturated heterocycles. The molecule has 1 fully saturated rings. The lowest BCUT2D eigenvalue weighted by Crippen LogP contribution is -2.34. The van der Waals surface area contributed by atoms with Crippen molar-refractivity contribution in [3.63, 3.8) is 0 Å². The summed E-state index contributed by atoms with van der Waals surface area (Å²) in [6.45, 7) is 3.63. The van der Waals surface area contributed by atoms with Crippen LogP contribution in [-0.2, 0) is 4.79 Å². The Labute approximate surface area is 117 Å². The first kappa shape index (κ1) is 14.1. The lowest BCUT2D eigenvalue weighted by atomic mass is 10.1. The number of carbonyl (C=O) groups is 1. The van der Waals surface area contributed by atoms with E-state index >= 15 is 0 Å². The van der Waals surface area contributed by atoms with Gasteiger partial charge in [-0.25, -0.2) is 4.39 Å². The van der Waals surface area contributed by atoms with E-state index in [0.29, 0.717) is 44.0 Å². The van der Waals surface area contributed by atoms with Gasteiger partial charge in [0.05, 0.1) is 17.3 Å². The molecule has 3 nitrogen and oxygen atoms in total. The Morgan fingerprint density at radius 2 is 2.05 bits per heavy atom. The van der Waals surface area contributed by atoms with Gasteiger partial charge in [0.1, 0.15) is 17.3 Å². The Hall–Kier alpha value is -1.29. The molecule has 0 unspecified atom stereocenters. The maximum atomic E-state index is 14.0. The van der Waals surface area contributed by atoms with Crippen molar-refractivity contribution in [2.24, 2.45) is 0 Å². The van der Waals surface area contributed by atoms with Gasteiger partial charge in [0.15, 0.2) is 0 Å². The van der Waals surface area contributed by atoms with E-state index in [-0.39, 0.29) is 16.6 Å². The summed E-state index contributed by atoms with van der Waals surface area (Å²) in [5.41, 5.74) is 0.461. The van der Waals surface area contributed by atoms with E-state index in [1.54, 1.807) is 6.07 Å². The van der Waals surface area contributed by atoms with Gasteiger partial charge in [-0.3, -0.25) is 4.79 Å². The van der Waals surface area contributed by atoms with E-state index in [2.05, 4.69) is 0 Å². The van der Waals surface area contributed by atoms with E-state index in [4.69, 9.17) is 16.3 Å². The Kier molecular flexibility index (Phi) is 4.64. The highest BCUT2D eigenvalue weighted by molar-refractivity contribution is 6.32. The summed E-state index contributed by atoms with van der Waals surface area (Å²) in [5, 5.41) is 0.280. The Bertz CT molecular complexity index is 469. The summed E-state index contributed by atoms with van der Waals surface area (Å²) in [6.07, 6.45) is 1.79. The third kappa shape index (κ3) is 3.38. The van der Waals surface area contributed by atoms with Crippen LogP contribution in [0.3, 0.4) is 0 Å². The molecule has 0 amide bonds. The van der Waals surface area contributed by atoms with Crippen molar-refractivity contribution in [3.05, 3.63) is 23.0 Å². The fraction of sp³-hybridized carbons (Fsp3) is 0.500. The fourth-order valence-corrected chi connectivity index (χ4v) is 2.29. The minimum absolute atomic E-state index is 0.230. The van der Waals surface area contributed by atoms with Crippen molar-refractivity contribution in [2.45, 2.75) is 26.2 Å². The molecule has 0 aromatic heterocycles. The number of ketones is 1. The molecule has 1 aromatic carbocycles. The molecule has 1 heterocycles. The topological polar surface area (TPSA) is 29.5 Å². The molecular weight excluding hydrogens is 269 g/mol. The normalized spacial score (nSPS) is 15.7. The molecule has 0 N–H and O–H groups in total. The van der Waals surface area contributed by atoms with Gasteiger partial charge in [-0.1, -0.05) is 18.5 Å². The van der Waals surface area contributed by atoms with Crippen LogP contribution in [0.25, 0.3) is 0 Å². The third-order valence-corrected chi connectivity index (χ3v) is 3.42. The first-order valence-electron chi connectivity index (χ1n) is 6.50. The lowest BCUT2D eigenvalue weighted by Gasteiger charge is -2.29. The number of halogens is 2. The minimum atomic E-state index is -0.372. The molecule has 0 atom stereocenters. The first-order chi connectivity index (χ1) is 9.11. The summed E-state index contributed by atoms with van der Waals surface area (Å²) < 4.78 is 19.5. The Morgan fingerprint density at radius 1 is 1.37 bits per heavy atom. The molecule has 5 heteroatoms. The van der Waals surface area contributed by atoms with Crippen LogP contribution in [0.5, 0.6) is 5.75 Å². The van der Waals surface area contributed by atoms with E-state index < -0.39 is 0 Å². The van der Waals surface area contributed by atoms with Crippen LogP contribution in [0.15, 0.2) is 12.1 Å². The van der Waals surface area contributed by atoms with Crippen LogP contribution in [0.1, 0.15) is 26.2 Å². The van der Waals surface area contributed by atoms with Crippen molar-refractivity contribution in [1.29, 1.82) is 0 Å². The zero-order valence-corrected chi connectivity index (χ0v) is 11.7. The second-order valence-corrected chi connectivity index (χ2v) is 5.02. The summed E-state index contributed by atoms with van der Waals surface area (Å²) >= 11 is 5.96. The maximum Gasteiger partial charge on any atom is 0.148 e. The molecule has 0 aliphatic carbocycles. The largest absolute Gasteiger partial charge is 0.492 e. The molecule has 1 aromatic rings. The monoisotopic (exact) mass is 285 g/mol. The predicted octanol–water partition coefficient (Wildman–Crippen LogP) is 3.44. The molecule has 104 valence electrons. The SMILES string of the molecule is CCCOc1cc(N2CCC(=O)CC2)c(F)cc1Cl. The summed E-state index contributed by atoms with van der Waals surface area (Å²) in [4.78, 5) is 13.1. The second-order valence-electron chi connectivity index (χ2n) is 4.61. The standard InChI is InChI=1S/C14H17ClFNO2/c1-2-7-19-14-9-13(12(16)8-11(14)15)17-5-3-10(18)4-6-17/h8-9H,2-7H2,1H3. The third-order valence-electron chi connectivity index (χ3n) is 3.12. The van der Waals surface area contributed by atoms with Gasteiger partial charge in [-0.15, -0.1) is 0 Å². The summed E-state index contributed by atoms with van der Waals surface area (Å²) in [6, 6.07) is 2.90. The number of hydrogen-bond donors (Lipinski definition) is 0. The van der Waals surface area contributed by atoms with Gasteiger partial charge >= 0.3 is 0 Å². The first-order valence-corrected chi connectivity index (χ1v) is 6.88. The van der Waals surface area contributed by atoms with Crippen molar-refractivity contribution < 1.29 is 13.9 Å². The zero-order valence-electron chi connectivity index (χ0n) is 10.9. The molecule has 0 spiro atoms. The second kappa shape index (κ2) is 6.24.